The number of rotatable bonds is 4. The number of halogens is 1. The molecule has 0 atom stereocenters. The maximum atomic E-state index is 12.9. The van der Waals surface area contributed by atoms with Crippen molar-refractivity contribution >= 4 is 27.5 Å². The van der Waals surface area contributed by atoms with E-state index < -0.39 is 10.0 Å². The summed E-state index contributed by atoms with van der Waals surface area (Å²) >= 11 is 6.19. The van der Waals surface area contributed by atoms with Crippen molar-refractivity contribution < 1.29 is 13.2 Å². The molecule has 2 N–H and O–H groups in total. The summed E-state index contributed by atoms with van der Waals surface area (Å²) in [6.07, 6.45) is 7.01. The van der Waals surface area contributed by atoms with Crippen LogP contribution in [0.15, 0.2) is 23.1 Å². The van der Waals surface area contributed by atoms with Crippen LogP contribution in [0.3, 0.4) is 0 Å². The number of hydrogen-bond acceptors (Lipinski definition) is 3. The van der Waals surface area contributed by atoms with Crippen LogP contribution in [0.5, 0.6) is 0 Å². The van der Waals surface area contributed by atoms with E-state index in [2.05, 4.69) is 10.0 Å². The molecule has 25 heavy (non-hydrogen) atoms. The molecule has 0 radical (unpaired) electrons. The first-order valence-corrected chi connectivity index (χ1v) is 10.7. The van der Waals surface area contributed by atoms with Crippen molar-refractivity contribution in [3.05, 3.63) is 28.8 Å². The van der Waals surface area contributed by atoms with Crippen LogP contribution in [0, 0.1) is 17.8 Å². The van der Waals surface area contributed by atoms with Crippen molar-refractivity contribution in [2.45, 2.75) is 49.0 Å². The summed E-state index contributed by atoms with van der Waals surface area (Å²) in [7, 11) is -2.27. The molecule has 0 aromatic heterocycles. The van der Waals surface area contributed by atoms with E-state index in [1.54, 1.807) is 0 Å². The fraction of sp³-hybridized carbons (Fsp3) is 0.611. The van der Waals surface area contributed by atoms with E-state index in [1.807, 2.05) is 0 Å². The van der Waals surface area contributed by atoms with Gasteiger partial charge in [0, 0.05) is 5.54 Å². The first kappa shape index (κ1) is 17.3. The highest BCUT2D eigenvalue weighted by Gasteiger charge is 2.51. The van der Waals surface area contributed by atoms with Crippen LogP contribution in [-0.2, 0) is 10.0 Å². The topological polar surface area (TPSA) is 75.3 Å². The smallest absolute Gasteiger partial charge is 0.253 e. The zero-order valence-electron chi connectivity index (χ0n) is 14.2. The molecule has 0 unspecified atom stereocenters. The predicted octanol–water partition coefficient (Wildman–Crippen LogP) is 2.95. The molecule has 0 spiro atoms. The molecule has 5 rings (SSSR count). The van der Waals surface area contributed by atoms with Gasteiger partial charge in [0.25, 0.3) is 5.91 Å². The van der Waals surface area contributed by atoms with E-state index >= 15 is 0 Å². The van der Waals surface area contributed by atoms with Gasteiger partial charge in [0.15, 0.2) is 0 Å². The van der Waals surface area contributed by atoms with Gasteiger partial charge in [0.1, 0.15) is 0 Å². The number of hydrogen-bond donors (Lipinski definition) is 2. The Morgan fingerprint density at radius 3 is 2.20 bits per heavy atom. The minimum Gasteiger partial charge on any atom is -0.347 e. The lowest BCUT2D eigenvalue weighted by molar-refractivity contribution is -0.0167. The first-order chi connectivity index (χ1) is 11.8. The number of benzene rings is 1. The van der Waals surface area contributed by atoms with Crippen molar-refractivity contribution in [2.24, 2.45) is 17.8 Å². The van der Waals surface area contributed by atoms with Crippen LogP contribution in [-0.4, -0.2) is 26.9 Å². The van der Waals surface area contributed by atoms with Crippen LogP contribution in [0.2, 0.25) is 5.02 Å². The van der Waals surface area contributed by atoms with Gasteiger partial charge in [-0.3, -0.25) is 4.79 Å². The Bertz CT molecular complexity index is 786. The number of sulfonamides is 1. The first-order valence-electron chi connectivity index (χ1n) is 8.86. The molecule has 4 saturated carbocycles. The largest absolute Gasteiger partial charge is 0.347 e. The summed E-state index contributed by atoms with van der Waals surface area (Å²) in [5.41, 5.74) is 0.0984. The molecule has 4 fully saturated rings. The molecule has 7 heteroatoms. The lowest BCUT2D eigenvalue weighted by atomic mass is 9.53. The number of carbonyl (C=O) groups is 1. The molecule has 0 aliphatic heterocycles. The lowest BCUT2D eigenvalue weighted by Gasteiger charge is -2.56. The summed E-state index contributed by atoms with van der Waals surface area (Å²) in [5, 5.41) is 3.52. The molecule has 0 saturated heterocycles. The summed E-state index contributed by atoms with van der Waals surface area (Å²) in [6, 6.07) is 4.25. The normalized spacial score (nSPS) is 33.4. The maximum Gasteiger partial charge on any atom is 0.253 e. The van der Waals surface area contributed by atoms with Crippen LogP contribution >= 0.6 is 11.6 Å². The summed E-state index contributed by atoms with van der Waals surface area (Å²) in [4.78, 5) is 13.0. The predicted molar refractivity (Wildman–Crippen MR) is 96.1 cm³/mol. The van der Waals surface area contributed by atoms with Gasteiger partial charge in [-0.15, -0.1) is 0 Å². The summed E-state index contributed by atoms with van der Waals surface area (Å²) in [5.74, 6) is 1.90. The minimum atomic E-state index is -3.61. The van der Waals surface area contributed by atoms with Gasteiger partial charge < -0.3 is 5.32 Å². The van der Waals surface area contributed by atoms with Crippen molar-refractivity contribution in [3.63, 3.8) is 0 Å². The van der Waals surface area contributed by atoms with Crippen LogP contribution in [0.4, 0.5) is 0 Å². The second kappa shape index (κ2) is 5.96. The number of amides is 1. The average Bonchev–Trinajstić information content (AvgIpc) is 2.53. The molecular weight excluding hydrogens is 360 g/mol. The second-order valence-corrected chi connectivity index (χ2v) is 10.3. The van der Waals surface area contributed by atoms with Gasteiger partial charge in [-0.25, -0.2) is 13.1 Å². The molecule has 4 aliphatic rings. The molecule has 4 bridgehead atoms. The van der Waals surface area contributed by atoms with Crippen molar-refractivity contribution in [1.29, 1.82) is 0 Å². The van der Waals surface area contributed by atoms with Gasteiger partial charge in [-0.2, -0.15) is 0 Å². The SMILES string of the molecule is CNS(=O)(=O)c1ccc(Cl)c(C(=O)NC23CC4CC(CC(C4)C2)C3)c1. The number of carbonyl (C=O) groups excluding carboxylic acids is 1. The highest BCUT2D eigenvalue weighted by atomic mass is 35.5. The van der Waals surface area contributed by atoms with E-state index in [0.29, 0.717) is 0 Å². The lowest BCUT2D eigenvalue weighted by Crippen LogP contribution is -2.59. The Morgan fingerprint density at radius 1 is 1.12 bits per heavy atom. The van der Waals surface area contributed by atoms with Gasteiger partial charge >= 0.3 is 0 Å². The van der Waals surface area contributed by atoms with Gasteiger partial charge in [0.2, 0.25) is 10.0 Å². The van der Waals surface area contributed by atoms with Crippen molar-refractivity contribution in [3.8, 4) is 0 Å². The standard InChI is InChI=1S/C18H23ClN2O3S/c1-20-25(23,24)14-2-3-16(19)15(7-14)17(22)21-18-8-11-4-12(9-18)6-13(5-11)10-18/h2-3,7,11-13,20H,4-6,8-10H2,1H3,(H,21,22). The van der Waals surface area contributed by atoms with Crippen molar-refractivity contribution in [1.82, 2.24) is 10.0 Å². The molecule has 1 amide bonds. The van der Waals surface area contributed by atoms with E-state index in [-0.39, 0.29) is 26.9 Å². The Kier molecular flexibility index (Phi) is 4.13. The van der Waals surface area contributed by atoms with E-state index in [9.17, 15) is 13.2 Å². The van der Waals surface area contributed by atoms with Gasteiger partial charge in [0.05, 0.1) is 15.5 Å². The third-order valence-electron chi connectivity index (χ3n) is 6.18. The molecule has 5 nitrogen and oxygen atoms in total. The third kappa shape index (κ3) is 3.09. The zero-order valence-corrected chi connectivity index (χ0v) is 15.8. The van der Waals surface area contributed by atoms with E-state index in [0.717, 1.165) is 37.0 Å². The molecule has 4 aliphatic carbocycles. The third-order valence-corrected chi connectivity index (χ3v) is 7.92. The zero-order chi connectivity index (χ0) is 17.8. The molecular formula is C18H23ClN2O3S. The van der Waals surface area contributed by atoms with Crippen LogP contribution in [0.1, 0.15) is 48.9 Å². The summed E-state index contributed by atoms with van der Waals surface area (Å²) in [6.45, 7) is 0. The second-order valence-electron chi connectivity index (χ2n) is 8.00. The number of nitrogens with one attached hydrogen (secondary N) is 2. The Hall–Kier alpha value is -1.11. The summed E-state index contributed by atoms with van der Waals surface area (Å²) < 4.78 is 26.3. The fourth-order valence-corrected chi connectivity index (χ4v) is 6.49. The van der Waals surface area contributed by atoms with Gasteiger partial charge in [-0.1, -0.05) is 11.6 Å². The van der Waals surface area contributed by atoms with E-state index in [1.165, 1.54) is 44.5 Å². The Labute approximate surface area is 153 Å². The highest BCUT2D eigenvalue weighted by Crippen LogP contribution is 2.55. The minimum absolute atomic E-state index is 0.0510. The van der Waals surface area contributed by atoms with E-state index in [4.69, 9.17) is 11.6 Å². The van der Waals surface area contributed by atoms with Crippen LogP contribution < -0.4 is 10.0 Å². The molecule has 1 aromatic rings. The van der Waals surface area contributed by atoms with Crippen LogP contribution in [0.25, 0.3) is 0 Å². The highest BCUT2D eigenvalue weighted by molar-refractivity contribution is 7.89. The Balaban J connectivity index is 1.60. The molecule has 136 valence electrons. The fourth-order valence-electron chi connectivity index (χ4n) is 5.54. The molecule has 1 aromatic carbocycles. The monoisotopic (exact) mass is 382 g/mol. The maximum absolute atomic E-state index is 12.9. The van der Waals surface area contributed by atoms with Crippen molar-refractivity contribution in [2.75, 3.05) is 7.05 Å². The molecule has 0 heterocycles. The average molecular weight is 383 g/mol. The van der Waals surface area contributed by atoms with Gasteiger partial charge in [-0.05, 0) is 81.5 Å². The quantitative estimate of drug-likeness (QED) is 0.840. The Morgan fingerprint density at radius 2 is 1.68 bits per heavy atom.